The van der Waals surface area contributed by atoms with Gasteiger partial charge in [0.15, 0.2) is 0 Å². The zero-order chi connectivity index (χ0) is 16.2. The van der Waals surface area contributed by atoms with Gasteiger partial charge in [-0.15, -0.1) is 0 Å². The Morgan fingerprint density at radius 2 is 2.09 bits per heavy atom. The fourth-order valence-electron chi connectivity index (χ4n) is 2.64. The van der Waals surface area contributed by atoms with Gasteiger partial charge in [-0.1, -0.05) is 4.99 Å². The number of aromatic nitrogens is 2. The van der Waals surface area contributed by atoms with Gasteiger partial charge >= 0.3 is 17.9 Å². The van der Waals surface area contributed by atoms with Gasteiger partial charge in [0.05, 0.1) is 14.2 Å². The van der Waals surface area contributed by atoms with E-state index in [-0.39, 0.29) is 0 Å². The van der Waals surface area contributed by atoms with Crippen LogP contribution in [0.25, 0.3) is 0 Å². The molecule has 1 saturated heterocycles. The highest BCUT2D eigenvalue weighted by Crippen LogP contribution is 2.28. The molecule has 1 unspecified atom stereocenters. The quantitative estimate of drug-likeness (QED) is 0.532. The van der Waals surface area contributed by atoms with Gasteiger partial charge in [0.1, 0.15) is 18.4 Å². The average molecular weight is 306 g/mol. The van der Waals surface area contributed by atoms with Crippen LogP contribution < -0.4 is 4.57 Å². The molecule has 1 atom stereocenters. The maximum atomic E-state index is 12.7. The van der Waals surface area contributed by atoms with Gasteiger partial charge in [0.25, 0.3) is 5.91 Å². The van der Waals surface area contributed by atoms with Crippen LogP contribution in [-0.2, 0) is 21.4 Å². The number of methoxy groups -OCH3 is 1. The van der Waals surface area contributed by atoms with Gasteiger partial charge in [-0.25, -0.2) is 18.8 Å². The molecule has 22 heavy (non-hydrogen) atoms. The number of ether oxygens (including phenoxy) is 1. The van der Waals surface area contributed by atoms with Gasteiger partial charge in [-0.05, 0) is 6.92 Å². The lowest BCUT2D eigenvalue weighted by molar-refractivity contribution is -0.677. The summed E-state index contributed by atoms with van der Waals surface area (Å²) in [4.78, 5) is 43.0. The van der Waals surface area contributed by atoms with Gasteiger partial charge in [-0.3, -0.25) is 14.5 Å². The van der Waals surface area contributed by atoms with Crippen molar-refractivity contribution < 1.29 is 23.7 Å². The predicted octanol–water partition coefficient (Wildman–Crippen LogP) is -0.727. The first-order chi connectivity index (χ1) is 10.4. The lowest BCUT2D eigenvalue weighted by Gasteiger charge is -2.32. The van der Waals surface area contributed by atoms with E-state index in [9.17, 15) is 14.4 Å². The van der Waals surface area contributed by atoms with Crippen molar-refractivity contribution in [1.82, 2.24) is 14.4 Å². The van der Waals surface area contributed by atoms with Crippen molar-refractivity contribution in [2.24, 2.45) is 12.0 Å². The Bertz CT molecular complexity index is 735. The van der Waals surface area contributed by atoms with Crippen LogP contribution in [0.3, 0.4) is 0 Å². The van der Waals surface area contributed by atoms with Crippen LogP contribution in [0, 0.1) is 6.92 Å². The second-order valence-corrected chi connectivity index (χ2v) is 5.25. The van der Waals surface area contributed by atoms with Crippen LogP contribution >= 0.6 is 0 Å². The molecule has 2 aliphatic rings. The zero-order valence-electron chi connectivity index (χ0n) is 12.7. The number of imide groups is 1. The summed E-state index contributed by atoms with van der Waals surface area (Å²) < 4.78 is 8.09. The number of hydrogen-bond acceptors (Lipinski definition) is 5. The molecule has 116 valence electrons. The van der Waals surface area contributed by atoms with Crippen molar-refractivity contribution in [1.29, 1.82) is 0 Å². The number of likely N-dealkylation sites (N-methyl/N-ethyl adjacent to an activating group) is 1. The summed E-state index contributed by atoms with van der Waals surface area (Å²) in [6.07, 6.45) is 1.80. The standard InChI is InChI=1S/C13H16N5O4/c1-7-5-17-9-10(14-12(17)15(7)2)16(3)13(21)18(11(9)20)6-8(19)22-4/h5,9H,6H2,1-4H3/q+1. The number of aryl methyl sites for hydroxylation is 1. The van der Waals surface area contributed by atoms with E-state index in [4.69, 9.17) is 0 Å². The molecule has 0 radical (unpaired) electrons. The summed E-state index contributed by atoms with van der Waals surface area (Å²) in [5, 5.41) is 0. The van der Waals surface area contributed by atoms with Gasteiger partial charge in [0, 0.05) is 7.05 Å². The van der Waals surface area contributed by atoms with E-state index in [2.05, 4.69) is 9.73 Å². The number of imidazole rings is 1. The molecule has 0 aromatic carbocycles. The Morgan fingerprint density at radius 1 is 1.41 bits per heavy atom. The van der Waals surface area contributed by atoms with Crippen LogP contribution in [0.4, 0.5) is 10.7 Å². The summed E-state index contributed by atoms with van der Waals surface area (Å²) in [5.74, 6) is -0.184. The minimum atomic E-state index is -0.734. The van der Waals surface area contributed by atoms with E-state index < -0.39 is 30.5 Å². The predicted molar refractivity (Wildman–Crippen MR) is 73.4 cm³/mol. The smallest absolute Gasteiger partial charge is 0.401 e. The molecule has 9 heteroatoms. The van der Waals surface area contributed by atoms with E-state index in [0.717, 1.165) is 10.6 Å². The minimum absolute atomic E-state index is 0.363. The van der Waals surface area contributed by atoms with Gasteiger partial charge in [-0.2, -0.15) is 0 Å². The minimum Gasteiger partial charge on any atom is -0.468 e. The Kier molecular flexibility index (Phi) is 3.01. The number of aliphatic imine (C=N–C) groups is 1. The fraction of sp³-hybridized carbons (Fsp3) is 0.462. The molecule has 0 aliphatic carbocycles. The fourth-order valence-corrected chi connectivity index (χ4v) is 2.64. The van der Waals surface area contributed by atoms with Crippen LogP contribution in [0.5, 0.6) is 0 Å². The van der Waals surface area contributed by atoms with Crippen molar-refractivity contribution in [2.45, 2.75) is 13.0 Å². The summed E-state index contributed by atoms with van der Waals surface area (Å²) in [5.41, 5.74) is 0.935. The van der Waals surface area contributed by atoms with Crippen molar-refractivity contribution in [3.63, 3.8) is 0 Å². The number of urea groups is 1. The number of rotatable bonds is 2. The number of amides is 3. The molecule has 3 rings (SSSR count). The third-order valence-electron chi connectivity index (χ3n) is 4.00. The number of amidine groups is 1. The molecule has 1 aromatic rings. The number of carbonyl (C=O) groups is 3. The number of esters is 1. The first-order valence-corrected chi connectivity index (χ1v) is 6.68. The lowest BCUT2D eigenvalue weighted by Crippen LogP contribution is -2.63. The summed E-state index contributed by atoms with van der Waals surface area (Å²) >= 11 is 0. The van der Waals surface area contributed by atoms with E-state index in [1.54, 1.807) is 10.8 Å². The second-order valence-electron chi connectivity index (χ2n) is 5.25. The van der Waals surface area contributed by atoms with Crippen LogP contribution in [0.15, 0.2) is 11.2 Å². The molecule has 1 fully saturated rings. The molecule has 0 bridgehead atoms. The monoisotopic (exact) mass is 306 g/mol. The van der Waals surface area contributed by atoms with Crippen molar-refractivity contribution in [3.05, 3.63) is 11.9 Å². The number of carbonyl (C=O) groups excluding carboxylic acids is 3. The highest BCUT2D eigenvalue weighted by Gasteiger charge is 2.53. The Balaban J connectivity index is 2.04. The molecule has 9 nitrogen and oxygen atoms in total. The molecule has 1 aromatic heterocycles. The van der Waals surface area contributed by atoms with E-state index in [0.29, 0.717) is 11.8 Å². The molecular weight excluding hydrogens is 290 g/mol. The van der Waals surface area contributed by atoms with E-state index in [1.807, 2.05) is 18.5 Å². The van der Waals surface area contributed by atoms with Gasteiger partial charge < -0.3 is 4.74 Å². The zero-order valence-corrected chi connectivity index (χ0v) is 12.7. The maximum absolute atomic E-state index is 12.7. The average Bonchev–Trinajstić information content (AvgIpc) is 2.99. The molecule has 2 aliphatic heterocycles. The van der Waals surface area contributed by atoms with E-state index in [1.165, 1.54) is 19.1 Å². The number of nitrogens with zero attached hydrogens (tertiary/aromatic N) is 5. The highest BCUT2D eigenvalue weighted by atomic mass is 16.5. The summed E-state index contributed by atoms with van der Waals surface area (Å²) in [7, 11) is 4.58. The molecule has 3 amide bonds. The molecule has 3 heterocycles. The molecular formula is C13H16N5O4+. The largest absolute Gasteiger partial charge is 0.468 e. The van der Waals surface area contributed by atoms with Crippen LogP contribution in [0.1, 0.15) is 11.7 Å². The third kappa shape index (κ3) is 1.74. The Labute approximate surface area is 126 Å². The Hall–Kier alpha value is -2.71. The number of fused-ring (bicyclic) bond motifs is 3. The molecule has 0 spiro atoms. The first-order valence-electron chi connectivity index (χ1n) is 6.68. The molecule has 0 N–H and O–H groups in total. The normalized spacial score (nSPS) is 20.0. The van der Waals surface area contributed by atoms with E-state index >= 15 is 0 Å². The SMILES string of the molecule is COC(=O)CN1C(=O)C2C(=Nc3n(C)c(C)c[n+]32)N(C)C1=O. The van der Waals surface area contributed by atoms with Gasteiger partial charge in [0.2, 0.25) is 11.9 Å². The maximum Gasteiger partial charge on any atom is 0.401 e. The second kappa shape index (κ2) is 4.65. The van der Waals surface area contributed by atoms with Crippen LogP contribution in [0.2, 0.25) is 0 Å². The topological polar surface area (TPSA) is 88.1 Å². The van der Waals surface area contributed by atoms with Crippen molar-refractivity contribution in [3.8, 4) is 0 Å². The van der Waals surface area contributed by atoms with Crippen LogP contribution in [-0.4, -0.2) is 58.8 Å². The van der Waals surface area contributed by atoms with Crippen molar-refractivity contribution >= 4 is 29.7 Å². The number of hydrogen-bond donors (Lipinski definition) is 0. The summed E-state index contributed by atoms with van der Waals surface area (Å²) in [6, 6.07) is -1.32. The van der Waals surface area contributed by atoms with Crippen molar-refractivity contribution in [2.75, 3.05) is 20.7 Å². The first kappa shape index (κ1) is 14.2. The summed E-state index contributed by atoms with van der Waals surface area (Å²) in [6.45, 7) is 1.49. The third-order valence-corrected chi connectivity index (χ3v) is 4.00. The molecule has 0 saturated carbocycles. The highest BCUT2D eigenvalue weighted by molar-refractivity contribution is 6.19. The lowest BCUT2D eigenvalue weighted by atomic mass is 10.1. The Morgan fingerprint density at radius 3 is 2.73 bits per heavy atom.